The predicted molar refractivity (Wildman–Crippen MR) is 121 cm³/mol. The van der Waals surface area contributed by atoms with E-state index in [4.69, 9.17) is 4.98 Å². The summed E-state index contributed by atoms with van der Waals surface area (Å²) in [6, 6.07) is 9.48. The average molecular weight is 424 g/mol. The molecule has 1 saturated carbocycles. The maximum atomic E-state index is 12.5. The van der Waals surface area contributed by atoms with E-state index in [1.807, 2.05) is 30.3 Å². The van der Waals surface area contributed by atoms with E-state index in [-0.39, 0.29) is 11.8 Å². The molecule has 32 heavy (non-hydrogen) atoms. The van der Waals surface area contributed by atoms with Gasteiger partial charge < -0.3 is 10.3 Å². The molecule has 158 valence electrons. The SMILES string of the molecule is O=C(Nc1cncc(-c2ccc3[nH]nc(-c4nc5cccnc5[nH]4)c3n2)c1)C1CCCC1. The molecule has 0 unspecified atom stereocenters. The quantitative estimate of drug-likeness (QED) is 0.399. The Bertz CT molecular complexity index is 1410. The third kappa shape index (κ3) is 3.27. The lowest BCUT2D eigenvalue weighted by molar-refractivity contribution is -0.119. The first kappa shape index (κ1) is 18.6. The summed E-state index contributed by atoms with van der Waals surface area (Å²) < 4.78 is 0. The zero-order valence-electron chi connectivity index (χ0n) is 17.2. The Morgan fingerprint density at radius 3 is 2.88 bits per heavy atom. The van der Waals surface area contributed by atoms with Crippen LogP contribution in [0.3, 0.4) is 0 Å². The lowest BCUT2D eigenvalue weighted by Crippen LogP contribution is -2.20. The maximum Gasteiger partial charge on any atom is 0.227 e. The standard InChI is InChI=1S/C23H20N8O/c32-23(13-4-1-2-5-13)26-15-10-14(11-24-12-15)16-7-8-17-19(27-16)20(31-30-17)22-28-18-6-3-9-25-21(18)29-22/h3,6-13H,1-2,4-5H2,(H,26,32)(H,30,31)(H,25,28,29). The smallest absolute Gasteiger partial charge is 0.227 e. The van der Waals surface area contributed by atoms with Crippen molar-refractivity contribution in [1.29, 1.82) is 0 Å². The largest absolute Gasteiger partial charge is 0.324 e. The first-order valence-electron chi connectivity index (χ1n) is 10.7. The van der Waals surface area contributed by atoms with E-state index in [1.165, 1.54) is 0 Å². The summed E-state index contributed by atoms with van der Waals surface area (Å²) in [6.07, 6.45) is 9.28. The van der Waals surface area contributed by atoms with Gasteiger partial charge in [0.05, 0.1) is 23.1 Å². The number of imidazole rings is 1. The van der Waals surface area contributed by atoms with Crippen LogP contribution in [0.25, 0.3) is 45.0 Å². The van der Waals surface area contributed by atoms with Crippen LogP contribution in [-0.4, -0.2) is 41.0 Å². The van der Waals surface area contributed by atoms with Crippen molar-refractivity contribution >= 4 is 33.8 Å². The van der Waals surface area contributed by atoms with Crippen LogP contribution in [0, 0.1) is 5.92 Å². The third-order valence-corrected chi connectivity index (χ3v) is 5.91. The van der Waals surface area contributed by atoms with E-state index < -0.39 is 0 Å². The molecule has 5 aromatic rings. The number of amides is 1. The molecular weight excluding hydrogens is 404 g/mol. The summed E-state index contributed by atoms with van der Waals surface area (Å²) in [5, 5.41) is 10.4. The minimum Gasteiger partial charge on any atom is -0.324 e. The average Bonchev–Trinajstić information content (AvgIpc) is 3.58. The Kier molecular flexibility index (Phi) is 4.38. The van der Waals surface area contributed by atoms with Gasteiger partial charge in [0.15, 0.2) is 17.2 Å². The molecule has 9 nitrogen and oxygen atoms in total. The van der Waals surface area contributed by atoms with Crippen molar-refractivity contribution in [2.45, 2.75) is 25.7 Å². The molecule has 0 radical (unpaired) electrons. The number of rotatable bonds is 4. The molecule has 1 aliphatic carbocycles. The van der Waals surface area contributed by atoms with Gasteiger partial charge in [0, 0.05) is 23.9 Å². The van der Waals surface area contributed by atoms with Gasteiger partial charge in [-0.25, -0.2) is 15.0 Å². The van der Waals surface area contributed by atoms with Gasteiger partial charge in [-0.2, -0.15) is 5.10 Å². The molecule has 0 spiro atoms. The van der Waals surface area contributed by atoms with Gasteiger partial charge >= 0.3 is 0 Å². The van der Waals surface area contributed by atoms with E-state index in [9.17, 15) is 4.79 Å². The summed E-state index contributed by atoms with van der Waals surface area (Å²) in [5.74, 6) is 0.769. The van der Waals surface area contributed by atoms with Crippen molar-refractivity contribution in [2.24, 2.45) is 5.92 Å². The molecular formula is C23H20N8O. The van der Waals surface area contributed by atoms with Crippen LogP contribution in [0.2, 0.25) is 0 Å². The van der Waals surface area contributed by atoms with Gasteiger partial charge in [0.1, 0.15) is 11.0 Å². The zero-order chi connectivity index (χ0) is 21.5. The van der Waals surface area contributed by atoms with Crippen LogP contribution in [0.1, 0.15) is 25.7 Å². The van der Waals surface area contributed by atoms with Gasteiger partial charge in [-0.3, -0.25) is 14.9 Å². The molecule has 5 aromatic heterocycles. The van der Waals surface area contributed by atoms with Crippen molar-refractivity contribution in [3.63, 3.8) is 0 Å². The molecule has 0 atom stereocenters. The Hall–Kier alpha value is -4.14. The second-order valence-electron chi connectivity index (χ2n) is 8.05. The van der Waals surface area contributed by atoms with Gasteiger partial charge in [0.2, 0.25) is 5.91 Å². The van der Waals surface area contributed by atoms with Crippen molar-refractivity contribution < 1.29 is 4.79 Å². The molecule has 1 amide bonds. The van der Waals surface area contributed by atoms with E-state index in [0.29, 0.717) is 28.4 Å². The Morgan fingerprint density at radius 2 is 2.00 bits per heavy atom. The zero-order valence-corrected chi connectivity index (χ0v) is 17.2. The fraction of sp³-hybridized carbons (Fsp3) is 0.217. The lowest BCUT2D eigenvalue weighted by Gasteiger charge is -2.11. The number of aromatic amines is 2. The highest BCUT2D eigenvalue weighted by atomic mass is 16.1. The molecule has 0 saturated heterocycles. The first-order valence-corrected chi connectivity index (χ1v) is 10.7. The summed E-state index contributed by atoms with van der Waals surface area (Å²) in [6.45, 7) is 0. The molecule has 6 rings (SSSR count). The number of carbonyl (C=O) groups is 1. The lowest BCUT2D eigenvalue weighted by atomic mass is 10.1. The number of pyridine rings is 3. The second-order valence-corrected chi connectivity index (χ2v) is 8.05. The van der Waals surface area contributed by atoms with Crippen molar-refractivity contribution in [1.82, 2.24) is 35.1 Å². The van der Waals surface area contributed by atoms with Crippen molar-refractivity contribution in [3.05, 3.63) is 48.9 Å². The molecule has 1 aliphatic rings. The van der Waals surface area contributed by atoms with E-state index in [0.717, 1.165) is 48.0 Å². The Balaban J connectivity index is 1.35. The van der Waals surface area contributed by atoms with Crippen molar-refractivity contribution in [3.8, 4) is 22.8 Å². The van der Waals surface area contributed by atoms with Crippen LogP contribution in [0.4, 0.5) is 5.69 Å². The number of anilines is 1. The van der Waals surface area contributed by atoms with E-state index in [1.54, 1.807) is 18.6 Å². The number of carbonyl (C=O) groups excluding carboxylic acids is 1. The summed E-state index contributed by atoms with van der Waals surface area (Å²) in [4.78, 5) is 33.7. The molecule has 0 aromatic carbocycles. The monoisotopic (exact) mass is 424 g/mol. The molecule has 3 N–H and O–H groups in total. The fourth-order valence-electron chi connectivity index (χ4n) is 4.26. The van der Waals surface area contributed by atoms with Crippen LogP contribution in [-0.2, 0) is 4.79 Å². The number of fused-ring (bicyclic) bond motifs is 2. The highest BCUT2D eigenvalue weighted by Gasteiger charge is 2.23. The van der Waals surface area contributed by atoms with Gasteiger partial charge in [-0.05, 0) is 43.2 Å². The molecule has 9 heteroatoms. The summed E-state index contributed by atoms with van der Waals surface area (Å²) in [7, 11) is 0. The van der Waals surface area contributed by atoms with E-state index in [2.05, 4.69) is 35.5 Å². The fourth-order valence-corrected chi connectivity index (χ4v) is 4.26. The number of hydrogen-bond donors (Lipinski definition) is 3. The predicted octanol–water partition coefficient (Wildman–Crippen LogP) is 4.09. The number of aromatic nitrogens is 7. The van der Waals surface area contributed by atoms with Gasteiger partial charge in [0.25, 0.3) is 0 Å². The molecule has 5 heterocycles. The van der Waals surface area contributed by atoms with Crippen LogP contribution in [0.15, 0.2) is 48.9 Å². The van der Waals surface area contributed by atoms with Gasteiger partial charge in [-0.15, -0.1) is 0 Å². The highest BCUT2D eigenvalue weighted by Crippen LogP contribution is 2.29. The summed E-state index contributed by atoms with van der Waals surface area (Å²) >= 11 is 0. The topological polar surface area (TPSA) is 125 Å². The van der Waals surface area contributed by atoms with Crippen LogP contribution in [0.5, 0.6) is 0 Å². The maximum absolute atomic E-state index is 12.5. The molecule has 0 aliphatic heterocycles. The number of H-pyrrole nitrogens is 2. The minimum atomic E-state index is 0.0699. The number of hydrogen-bond acceptors (Lipinski definition) is 6. The normalized spacial score (nSPS) is 14.4. The third-order valence-electron chi connectivity index (χ3n) is 5.91. The Morgan fingerprint density at radius 1 is 1.09 bits per heavy atom. The second kappa shape index (κ2) is 7.52. The number of nitrogens with zero attached hydrogens (tertiary/aromatic N) is 5. The highest BCUT2D eigenvalue weighted by molar-refractivity contribution is 5.94. The van der Waals surface area contributed by atoms with Crippen LogP contribution < -0.4 is 5.32 Å². The van der Waals surface area contributed by atoms with E-state index >= 15 is 0 Å². The summed E-state index contributed by atoms with van der Waals surface area (Å²) in [5.41, 5.74) is 5.82. The van der Waals surface area contributed by atoms with Crippen LogP contribution >= 0.6 is 0 Å². The minimum absolute atomic E-state index is 0.0699. The number of nitrogens with one attached hydrogen (secondary N) is 3. The van der Waals surface area contributed by atoms with Crippen molar-refractivity contribution in [2.75, 3.05) is 5.32 Å². The molecule has 0 bridgehead atoms. The first-order chi connectivity index (χ1) is 15.7. The Labute approximate surface area is 182 Å². The molecule has 1 fully saturated rings. The van der Waals surface area contributed by atoms with Gasteiger partial charge in [-0.1, -0.05) is 12.8 Å².